The van der Waals surface area contributed by atoms with Crippen LogP contribution < -0.4 is 4.72 Å². The van der Waals surface area contributed by atoms with Crippen LogP contribution >= 0.6 is 50.7 Å². The average Bonchev–Trinajstić information content (AvgIpc) is 2.25. The number of hydrogen-bond donors (Lipinski definition) is 1. The Morgan fingerprint density at radius 3 is 2.40 bits per heavy atom. The van der Waals surface area contributed by atoms with E-state index in [2.05, 4.69) is 30.6 Å². The number of sulfonamides is 1. The highest BCUT2D eigenvalue weighted by atomic mass is 79.9. The third kappa shape index (κ3) is 3.73. The van der Waals surface area contributed by atoms with E-state index < -0.39 is 10.0 Å². The molecular weight excluding hydrogens is 412 g/mol. The lowest BCUT2D eigenvalue weighted by atomic mass is 10.4. The molecule has 0 amide bonds. The summed E-state index contributed by atoms with van der Waals surface area (Å²) in [5, 5.41) is -0.0835. The van der Waals surface area contributed by atoms with Gasteiger partial charge in [0, 0.05) is 10.5 Å². The second-order valence-electron chi connectivity index (χ2n) is 3.53. The molecule has 0 unspecified atom stereocenters. The van der Waals surface area contributed by atoms with Gasteiger partial charge in [-0.1, -0.05) is 39.1 Å². The van der Waals surface area contributed by atoms with E-state index in [0.29, 0.717) is 4.47 Å². The molecule has 1 N–H and O–H groups in total. The van der Waals surface area contributed by atoms with E-state index in [0.717, 1.165) is 0 Å². The van der Waals surface area contributed by atoms with Crippen LogP contribution in [0.3, 0.4) is 0 Å². The summed E-state index contributed by atoms with van der Waals surface area (Å²) in [7, 11) is -3.90. The largest absolute Gasteiger partial charge is 0.264 e. The summed E-state index contributed by atoms with van der Waals surface area (Å²) in [4.78, 5) is 7.25. The van der Waals surface area contributed by atoms with Gasteiger partial charge >= 0.3 is 0 Å². The molecule has 0 saturated carbocycles. The molecule has 10 heteroatoms. The highest BCUT2D eigenvalue weighted by Crippen LogP contribution is 2.27. The van der Waals surface area contributed by atoms with Crippen LogP contribution in [-0.4, -0.2) is 18.4 Å². The first-order valence-corrected chi connectivity index (χ1v) is 8.37. The van der Waals surface area contributed by atoms with Crippen LogP contribution in [0.2, 0.25) is 15.5 Å². The molecule has 1 aromatic heterocycles. The van der Waals surface area contributed by atoms with Crippen molar-refractivity contribution in [1.82, 2.24) is 9.97 Å². The molecule has 0 aliphatic carbocycles. The van der Waals surface area contributed by atoms with Gasteiger partial charge in [-0.3, -0.25) is 4.72 Å². The fourth-order valence-corrected chi connectivity index (χ4v) is 3.77. The van der Waals surface area contributed by atoms with Crippen LogP contribution in [0, 0.1) is 0 Å². The van der Waals surface area contributed by atoms with Crippen molar-refractivity contribution in [3.63, 3.8) is 0 Å². The van der Waals surface area contributed by atoms with Gasteiger partial charge in [0.2, 0.25) is 5.28 Å². The Morgan fingerprint density at radius 1 is 1.10 bits per heavy atom. The summed E-state index contributed by atoms with van der Waals surface area (Å²) in [5.74, 6) is -0.0472. The predicted octanol–water partition coefficient (Wildman–Crippen LogP) is 4.00. The maximum atomic E-state index is 12.2. The Bertz CT molecular complexity index is 750. The molecule has 106 valence electrons. The molecule has 0 fully saturated rings. The van der Waals surface area contributed by atoms with Crippen LogP contribution in [0.5, 0.6) is 0 Å². The third-order valence-electron chi connectivity index (χ3n) is 2.09. The smallest absolute Gasteiger partial charge is 0.263 e. The van der Waals surface area contributed by atoms with Gasteiger partial charge in [-0.05, 0) is 29.8 Å². The van der Waals surface area contributed by atoms with Crippen molar-refractivity contribution < 1.29 is 8.42 Å². The molecule has 0 spiro atoms. The van der Waals surface area contributed by atoms with Crippen molar-refractivity contribution >= 4 is 66.6 Å². The van der Waals surface area contributed by atoms with Gasteiger partial charge in [-0.15, -0.1) is 0 Å². The fraction of sp³-hybridized carbons (Fsp3) is 0. The first kappa shape index (κ1) is 15.8. The molecule has 0 radical (unpaired) electrons. The SMILES string of the molecule is O=S(=O)(Nc1cc(Cl)nc(Cl)n1)c1ccc(Br)cc1Cl. The second kappa shape index (κ2) is 6.03. The molecule has 1 aromatic carbocycles. The fourth-order valence-electron chi connectivity index (χ4n) is 1.33. The number of benzene rings is 1. The number of halogens is 4. The van der Waals surface area contributed by atoms with Crippen molar-refractivity contribution in [2.45, 2.75) is 4.90 Å². The van der Waals surface area contributed by atoms with Gasteiger partial charge < -0.3 is 0 Å². The normalized spacial score (nSPS) is 11.4. The highest BCUT2D eigenvalue weighted by Gasteiger charge is 2.19. The van der Waals surface area contributed by atoms with E-state index in [1.54, 1.807) is 6.07 Å². The molecule has 0 atom stereocenters. The average molecular weight is 417 g/mol. The minimum Gasteiger partial charge on any atom is -0.263 e. The van der Waals surface area contributed by atoms with Crippen molar-refractivity contribution in [2.24, 2.45) is 0 Å². The van der Waals surface area contributed by atoms with E-state index >= 15 is 0 Å². The molecule has 2 aromatic rings. The molecular formula is C10H5BrCl3N3O2S. The van der Waals surface area contributed by atoms with Gasteiger partial charge in [-0.2, -0.15) is 4.98 Å². The topological polar surface area (TPSA) is 72.0 Å². The minimum absolute atomic E-state index is 0.0182. The molecule has 5 nitrogen and oxygen atoms in total. The zero-order valence-corrected chi connectivity index (χ0v) is 14.1. The van der Waals surface area contributed by atoms with Gasteiger partial charge in [0.25, 0.3) is 10.0 Å². The summed E-state index contributed by atoms with van der Waals surface area (Å²) in [6.45, 7) is 0. The lowest BCUT2D eigenvalue weighted by Gasteiger charge is -2.09. The van der Waals surface area contributed by atoms with Gasteiger partial charge in [-0.25, -0.2) is 13.4 Å². The minimum atomic E-state index is -3.90. The van der Waals surface area contributed by atoms with Crippen molar-refractivity contribution in [3.8, 4) is 0 Å². The van der Waals surface area contributed by atoms with E-state index in [-0.39, 0.29) is 26.2 Å². The molecule has 0 saturated heterocycles. The summed E-state index contributed by atoms with van der Waals surface area (Å²) < 4.78 is 27.3. The van der Waals surface area contributed by atoms with Gasteiger partial charge in [0.05, 0.1) is 5.02 Å². The molecule has 0 aliphatic heterocycles. The number of aromatic nitrogens is 2. The number of rotatable bonds is 3. The van der Waals surface area contributed by atoms with Gasteiger partial charge in [0.15, 0.2) is 0 Å². The zero-order valence-electron chi connectivity index (χ0n) is 9.44. The second-order valence-corrected chi connectivity index (χ2v) is 7.22. The summed E-state index contributed by atoms with van der Waals surface area (Å²) >= 11 is 20.4. The maximum absolute atomic E-state index is 12.2. The van der Waals surface area contributed by atoms with Crippen LogP contribution in [0.15, 0.2) is 33.6 Å². The summed E-state index contributed by atoms with van der Waals surface area (Å²) in [6.07, 6.45) is 0. The standard InChI is InChI=1S/C10H5BrCl3N3O2S/c11-5-1-2-7(6(12)3-5)20(18,19)17-9-4-8(13)15-10(14)16-9/h1-4H,(H,15,16,17). The van der Waals surface area contributed by atoms with E-state index in [4.69, 9.17) is 34.8 Å². The zero-order chi connectivity index (χ0) is 14.9. The lowest BCUT2D eigenvalue weighted by Crippen LogP contribution is -2.14. The van der Waals surface area contributed by atoms with Crippen LogP contribution in [0.25, 0.3) is 0 Å². The van der Waals surface area contributed by atoms with Crippen LogP contribution in [0.4, 0.5) is 5.82 Å². The van der Waals surface area contributed by atoms with Crippen LogP contribution in [0.1, 0.15) is 0 Å². The summed E-state index contributed by atoms with van der Waals surface area (Å²) in [6, 6.07) is 5.62. The van der Waals surface area contributed by atoms with E-state index in [1.807, 2.05) is 0 Å². The Labute approximate surface area is 138 Å². The number of hydrogen-bond acceptors (Lipinski definition) is 4. The van der Waals surface area contributed by atoms with Crippen LogP contribution in [-0.2, 0) is 10.0 Å². The quantitative estimate of drug-likeness (QED) is 0.605. The number of anilines is 1. The Hall–Kier alpha value is -0.600. The predicted molar refractivity (Wildman–Crippen MR) is 82.0 cm³/mol. The molecule has 2 rings (SSSR count). The van der Waals surface area contributed by atoms with Crippen molar-refractivity contribution in [2.75, 3.05) is 4.72 Å². The third-order valence-corrected chi connectivity index (χ3v) is 4.78. The Morgan fingerprint density at radius 2 is 1.80 bits per heavy atom. The van der Waals surface area contributed by atoms with E-state index in [9.17, 15) is 8.42 Å². The Kier molecular flexibility index (Phi) is 4.76. The first-order valence-electron chi connectivity index (χ1n) is 4.96. The lowest BCUT2D eigenvalue weighted by molar-refractivity contribution is 0.601. The maximum Gasteiger partial charge on any atom is 0.264 e. The van der Waals surface area contributed by atoms with E-state index in [1.165, 1.54) is 18.2 Å². The van der Waals surface area contributed by atoms with Crippen molar-refractivity contribution in [3.05, 3.63) is 44.2 Å². The molecule has 0 aliphatic rings. The van der Waals surface area contributed by atoms with Crippen molar-refractivity contribution in [1.29, 1.82) is 0 Å². The monoisotopic (exact) mass is 415 g/mol. The molecule has 1 heterocycles. The highest BCUT2D eigenvalue weighted by molar-refractivity contribution is 9.10. The number of nitrogens with one attached hydrogen (secondary N) is 1. The molecule has 0 bridgehead atoms. The Balaban J connectivity index is 2.40. The molecule has 20 heavy (non-hydrogen) atoms. The first-order chi connectivity index (χ1) is 9.28. The van der Waals surface area contributed by atoms with Gasteiger partial charge in [0.1, 0.15) is 15.9 Å². The summed E-state index contributed by atoms with van der Waals surface area (Å²) in [5.41, 5.74) is 0. The number of nitrogens with zero attached hydrogens (tertiary/aromatic N) is 2.